The molecule has 0 bridgehead atoms. The number of hydrogen-bond acceptors (Lipinski definition) is 3. The van der Waals surface area contributed by atoms with E-state index in [9.17, 15) is 4.79 Å². The van der Waals surface area contributed by atoms with Crippen molar-refractivity contribution in [1.29, 1.82) is 0 Å². The number of amides is 1. The maximum atomic E-state index is 11.6. The molecule has 112 valence electrons. The van der Waals surface area contributed by atoms with E-state index in [1.807, 2.05) is 19.9 Å². The Kier molecular flexibility index (Phi) is 6.02. The number of ether oxygens (including phenoxy) is 2. The summed E-state index contributed by atoms with van der Waals surface area (Å²) in [5.41, 5.74) is 3.37. The summed E-state index contributed by atoms with van der Waals surface area (Å²) in [5, 5.41) is 2.94. The van der Waals surface area contributed by atoms with Gasteiger partial charge in [-0.15, -0.1) is 0 Å². The molecule has 0 aliphatic carbocycles. The monoisotopic (exact) mass is 279 g/mol. The topological polar surface area (TPSA) is 47.6 Å². The van der Waals surface area contributed by atoms with Crippen molar-refractivity contribution in [2.75, 3.05) is 20.8 Å². The highest BCUT2D eigenvalue weighted by Crippen LogP contribution is 2.31. The fraction of sp³-hybridized carbons (Fsp3) is 0.562. The number of aryl methyl sites for hydroxylation is 1. The molecule has 20 heavy (non-hydrogen) atoms. The molecule has 1 amide bonds. The van der Waals surface area contributed by atoms with Gasteiger partial charge in [0.2, 0.25) is 5.91 Å². The highest BCUT2D eigenvalue weighted by atomic mass is 16.5. The summed E-state index contributed by atoms with van der Waals surface area (Å²) in [5.74, 6) is 1.16. The van der Waals surface area contributed by atoms with Gasteiger partial charge in [-0.05, 0) is 48.6 Å². The van der Waals surface area contributed by atoms with Crippen LogP contribution in [0, 0.1) is 6.92 Å². The Labute approximate surface area is 121 Å². The lowest BCUT2D eigenvalue weighted by molar-refractivity contribution is -0.125. The minimum absolute atomic E-state index is 0.0546. The second-order valence-corrected chi connectivity index (χ2v) is 5.33. The number of nitrogens with one attached hydrogen (secondary N) is 1. The summed E-state index contributed by atoms with van der Waals surface area (Å²) in [4.78, 5) is 11.6. The zero-order valence-electron chi connectivity index (χ0n) is 13.2. The van der Waals surface area contributed by atoms with Crippen LogP contribution in [-0.4, -0.2) is 26.7 Å². The molecule has 0 spiro atoms. The van der Waals surface area contributed by atoms with Crippen LogP contribution in [0.15, 0.2) is 12.1 Å². The first-order chi connectivity index (χ1) is 9.40. The zero-order valence-corrected chi connectivity index (χ0v) is 13.2. The van der Waals surface area contributed by atoms with Crippen LogP contribution in [-0.2, 0) is 9.53 Å². The fourth-order valence-corrected chi connectivity index (χ4v) is 2.30. The number of rotatable bonds is 6. The van der Waals surface area contributed by atoms with E-state index >= 15 is 0 Å². The highest BCUT2D eigenvalue weighted by Gasteiger charge is 2.16. The standard InChI is InChI=1S/C16H25NO3/c1-10(2)13-8-14(11(3)7-15(13)20-6)12(4)17-16(18)9-19-5/h7-8,10,12H,9H2,1-6H3,(H,17,18)/t12-/m0/s1. The Balaban J connectivity index is 3.05. The molecule has 0 unspecified atom stereocenters. The van der Waals surface area contributed by atoms with E-state index in [2.05, 4.69) is 25.2 Å². The van der Waals surface area contributed by atoms with E-state index in [1.54, 1.807) is 7.11 Å². The molecule has 0 fully saturated rings. The first-order valence-electron chi connectivity index (χ1n) is 6.87. The van der Waals surface area contributed by atoms with Gasteiger partial charge in [-0.2, -0.15) is 0 Å². The van der Waals surface area contributed by atoms with E-state index in [0.717, 1.165) is 22.4 Å². The van der Waals surface area contributed by atoms with Gasteiger partial charge in [0.1, 0.15) is 12.4 Å². The largest absolute Gasteiger partial charge is 0.496 e. The van der Waals surface area contributed by atoms with Gasteiger partial charge in [-0.1, -0.05) is 13.8 Å². The van der Waals surface area contributed by atoms with Crippen LogP contribution in [0.3, 0.4) is 0 Å². The molecule has 4 nitrogen and oxygen atoms in total. The van der Waals surface area contributed by atoms with Crippen LogP contribution < -0.4 is 10.1 Å². The molecule has 0 aromatic heterocycles. The quantitative estimate of drug-likeness (QED) is 0.871. The molecular weight excluding hydrogens is 254 g/mol. The Morgan fingerprint density at radius 2 is 1.85 bits per heavy atom. The predicted molar refractivity (Wildman–Crippen MR) is 80.3 cm³/mol. The number of hydrogen-bond donors (Lipinski definition) is 1. The van der Waals surface area contributed by atoms with Gasteiger partial charge in [-0.3, -0.25) is 4.79 Å². The lowest BCUT2D eigenvalue weighted by Gasteiger charge is -2.21. The average Bonchev–Trinajstić information content (AvgIpc) is 2.37. The SMILES string of the molecule is COCC(=O)N[C@@H](C)c1cc(C(C)C)c(OC)cc1C. The molecule has 0 saturated heterocycles. The van der Waals surface area contributed by atoms with Crippen molar-refractivity contribution < 1.29 is 14.3 Å². The molecule has 0 heterocycles. The first kappa shape index (κ1) is 16.5. The first-order valence-corrected chi connectivity index (χ1v) is 6.87. The number of benzene rings is 1. The second-order valence-electron chi connectivity index (χ2n) is 5.33. The van der Waals surface area contributed by atoms with Crippen LogP contribution in [0.25, 0.3) is 0 Å². The number of methoxy groups -OCH3 is 2. The van der Waals surface area contributed by atoms with Gasteiger partial charge in [0, 0.05) is 7.11 Å². The van der Waals surface area contributed by atoms with Crippen molar-refractivity contribution in [3.63, 3.8) is 0 Å². The molecule has 1 aromatic rings. The molecule has 4 heteroatoms. The van der Waals surface area contributed by atoms with E-state index in [0.29, 0.717) is 5.92 Å². The maximum absolute atomic E-state index is 11.6. The lowest BCUT2D eigenvalue weighted by Crippen LogP contribution is -2.30. The third-order valence-electron chi connectivity index (χ3n) is 3.36. The Hall–Kier alpha value is -1.55. The maximum Gasteiger partial charge on any atom is 0.246 e. The van der Waals surface area contributed by atoms with E-state index in [-0.39, 0.29) is 18.6 Å². The Bertz CT molecular complexity index is 469. The van der Waals surface area contributed by atoms with Crippen LogP contribution >= 0.6 is 0 Å². The third-order valence-corrected chi connectivity index (χ3v) is 3.36. The molecule has 1 aromatic carbocycles. The molecule has 0 radical (unpaired) electrons. The molecule has 0 saturated carbocycles. The normalized spacial score (nSPS) is 12.3. The summed E-state index contributed by atoms with van der Waals surface area (Å²) in [6.45, 7) is 8.35. The minimum atomic E-state index is -0.110. The molecule has 0 aliphatic rings. The lowest BCUT2D eigenvalue weighted by atomic mass is 9.93. The van der Waals surface area contributed by atoms with Crippen molar-refractivity contribution in [3.05, 3.63) is 28.8 Å². The third kappa shape index (κ3) is 3.97. The van der Waals surface area contributed by atoms with Gasteiger partial charge in [0.25, 0.3) is 0 Å². The molecule has 1 N–H and O–H groups in total. The Morgan fingerprint density at radius 1 is 1.20 bits per heavy atom. The highest BCUT2D eigenvalue weighted by molar-refractivity contribution is 5.77. The van der Waals surface area contributed by atoms with Gasteiger partial charge in [0.05, 0.1) is 13.2 Å². The molecule has 0 aliphatic heterocycles. The molecule has 1 atom stereocenters. The van der Waals surface area contributed by atoms with Crippen molar-refractivity contribution in [2.24, 2.45) is 0 Å². The smallest absolute Gasteiger partial charge is 0.246 e. The minimum Gasteiger partial charge on any atom is -0.496 e. The number of carbonyl (C=O) groups excluding carboxylic acids is 1. The van der Waals surface area contributed by atoms with Gasteiger partial charge in [-0.25, -0.2) is 0 Å². The zero-order chi connectivity index (χ0) is 15.3. The van der Waals surface area contributed by atoms with Crippen LogP contribution in [0.1, 0.15) is 49.4 Å². The van der Waals surface area contributed by atoms with E-state index < -0.39 is 0 Å². The summed E-state index contributed by atoms with van der Waals surface area (Å²) in [7, 11) is 3.20. The second kappa shape index (κ2) is 7.29. The van der Waals surface area contributed by atoms with E-state index in [1.165, 1.54) is 7.11 Å². The average molecular weight is 279 g/mol. The summed E-state index contributed by atoms with van der Waals surface area (Å²) < 4.78 is 10.3. The van der Waals surface area contributed by atoms with Gasteiger partial charge >= 0.3 is 0 Å². The van der Waals surface area contributed by atoms with Crippen molar-refractivity contribution in [1.82, 2.24) is 5.32 Å². The molecule has 1 rings (SSSR count). The van der Waals surface area contributed by atoms with Crippen molar-refractivity contribution >= 4 is 5.91 Å². The van der Waals surface area contributed by atoms with E-state index in [4.69, 9.17) is 9.47 Å². The van der Waals surface area contributed by atoms with Crippen LogP contribution in [0.5, 0.6) is 5.75 Å². The summed E-state index contributed by atoms with van der Waals surface area (Å²) >= 11 is 0. The summed E-state index contributed by atoms with van der Waals surface area (Å²) in [6.07, 6.45) is 0. The van der Waals surface area contributed by atoms with Crippen molar-refractivity contribution in [3.8, 4) is 5.75 Å². The Morgan fingerprint density at radius 3 is 2.35 bits per heavy atom. The predicted octanol–water partition coefficient (Wildman–Crippen LogP) is 2.95. The van der Waals surface area contributed by atoms with Gasteiger partial charge in [0.15, 0.2) is 0 Å². The number of carbonyl (C=O) groups is 1. The molecular formula is C16H25NO3. The summed E-state index contributed by atoms with van der Waals surface area (Å²) in [6, 6.07) is 4.10. The van der Waals surface area contributed by atoms with Crippen molar-refractivity contribution in [2.45, 2.75) is 39.7 Å². The van der Waals surface area contributed by atoms with Crippen LogP contribution in [0.2, 0.25) is 0 Å². The van der Waals surface area contributed by atoms with Crippen LogP contribution in [0.4, 0.5) is 0 Å². The fourth-order valence-electron chi connectivity index (χ4n) is 2.30. The van der Waals surface area contributed by atoms with Gasteiger partial charge < -0.3 is 14.8 Å².